The molecule has 0 heterocycles. The van der Waals surface area contributed by atoms with Crippen LogP contribution in [-0.2, 0) is 11.3 Å². The third-order valence-electron chi connectivity index (χ3n) is 3.18. The SMILES string of the molecule is CCCCCC(C)NC(=O)COc1ccc(CN)cc1. The molecule has 0 aliphatic heterocycles. The van der Waals surface area contributed by atoms with Crippen LogP contribution in [0.1, 0.15) is 45.1 Å². The number of unbranched alkanes of at least 4 members (excludes halogenated alkanes) is 2. The number of nitrogens with one attached hydrogen (secondary N) is 1. The van der Waals surface area contributed by atoms with Crippen LogP contribution in [0.5, 0.6) is 5.75 Å². The van der Waals surface area contributed by atoms with E-state index in [1.54, 1.807) is 0 Å². The molecule has 1 rings (SSSR count). The molecule has 0 radical (unpaired) electrons. The van der Waals surface area contributed by atoms with E-state index in [9.17, 15) is 4.79 Å². The summed E-state index contributed by atoms with van der Waals surface area (Å²) < 4.78 is 5.44. The van der Waals surface area contributed by atoms with Crippen LogP contribution in [0.3, 0.4) is 0 Å². The second kappa shape index (κ2) is 9.37. The lowest BCUT2D eigenvalue weighted by Gasteiger charge is -2.14. The Bertz CT molecular complexity index is 390. The lowest BCUT2D eigenvalue weighted by Crippen LogP contribution is -2.36. The second-order valence-electron chi connectivity index (χ2n) is 5.10. The van der Waals surface area contributed by atoms with Crippen molar-refractivity contribution < 1.29 is 9.53 Å². The van der Waals surface area contributed by atoms with Crippen molar-refractivity contribution in [2.45, 2.75) is 52.1 Å². The second-order valence-corrected chi connectivity index (χ2v) is 5.10. The summed E-state index contributed by atoms with van der Waals surface area (Å²) in [5.41, 5.74) is 6.57. The molecule has 0 fully saturated rings. The normalized spacial score (nSPS) is 11.9. The van der Waals surface area contributed by atoms with Gasteiger partial charge in [0.15, 0.2) is 6.61 Å². The van der Waals surface area contributed by atoms with Gasteiger partial charge in [0.1, 0.15) is 5.75 Å². The van der Waals surface area contributed by atoms with Crippen molar-refractivity contribution in [1.82, 2.24) is 5.32 Å². The van der Waals surface area contributed by atoms with Crippen molar-refractivity contribution in [1.29, 1.82) is 0 Å². The Labute approximate surface area is 121 Å². The van der Waals surface area contributed by atoms with Crippen molar-refractivity contribution in [3.63, 3.8) is 0 Å². The molecule has 1 atom stereocenters. The van der Waals surface area contributed by atoms with Gasteiger partial charge in [0.05, 0.1) is 0 Å². The van der Waals surface area contributed by atoms with Gasteiger partial charge in [-0.3, -0.25) is 4.79 Å². The first-order valence-electron chi connectivity index (χ1n) is 7.37. The standard InChI is InChI=1S/C16H26N2O2/c1-3-4-5-6-13(2)18-16(19)12-20-15-9-7-14(11-17)8-10-15/h7-10,13H,3-6,11-12,17H2,1-2H3,(H,18,19). The molecule has 1 unspecified atom stereocenters. The molecule has 1 aromatic carbocycles. The summed E-state index contributed by atoms with van der Waals surface area (Å²) in [7, 11) is 0. The minimum absolute atomic E-state index is 0.0556. The number of hydrogen-bond acceptors (Lipinski definition) is 3. The summed E-state index contributed by atoms with van der Waals surface area (Å²) in [6.45, 7) is 4.77. The van der Waals surface area contributed by atoms with E-state index in [1.165, 1.54) is 12.8 Å². The van der Waals surface area contributed by atoms with Gasteiger partial charge in [-0.2, -0.15) is 0 Å². The molecule has 0 aliphatic rings. The van der Waals surface area contributed by atoms with Gasteiger partial charge in [0.2, 0.25) is 0 Å². The van der Waals surface area contributed by atoms with E-state index < -0.39 is 0 Å². The molecule has 0 aliphatic carbocycles. The smallest absolute Gasteiger partial charge is 0.258 e. The average molecular weight is 278 g/mol. The molecule has 0 bridgehead atoms. The summed E-state index contributed by atoms with van der Waals surface area (Å²) in [6.07, 6.45) is 4.58. The number of rotatable bonds is 9. The molecule has 0 saturated heterocycles. The van der Waals surface area contributed by atoms with Gasteiger partial charge in [-0.25, -0.2) is 0 Å². The number of benzene rings is 1. The van der Waals surface area contributed by atoms with Crippen molar-refractivity contribution in [3.8, 4) is 5.75 Å². The van der Waals surface area contributed by atoms with E-state index in [-0.39, 0.29) is 18.6 Å². The Morgan fingerprint density at radius 2 is 2.00 bits per heavy atom. The fourth-order valence-electron chi connectivity index (χ4n) is 1.96. The highest BCUT2D eigenvalue weighted by molar-refractivity contribution is 5.77. The molecular formula is C16H26N2O2. The monoisotopic (exact) mass is 278 g/mol. The number of ether oxygens (including phenoxy) is 1. The van der Waals surface area contributed by atoms with Crippen molar-refractivity contribution >= 4 is 5.91 Å². The molecule has 4 nitrogen and oxygen atoms in total. The van der Waals surface area contributed by atoms with Crippen LogP contribution in [0.15, 0.2) is 24.3 Å². The van der Waals surface area contributed by atoms with Gasteiger partial charge in [0.25, 0.3) is 5.91 Å². The molecule has 112 valence electrons. The molecule has 1 amide bonds. The highest BCUT2D eigenvalue weighted by Gasteiger charge is 2.07. The Morgan fingerprint density at radius 3 is 2.60 bits per heavy atom. The fraction of sp³-hybridized carbons (Fsp3) is 0.562. The Hall–Kier alpha value is -1.55. The third kappa shape index (κ3) is 6.57. The van der Waals surface area contributed by atoms with Crippen LogP contribution in [0.25, 0.3) is 0 Å². The van der Waals surface area contributed by atoms with Gasteiger partial charge in [-0.15, -0.1) is 0 Å². The predicted octanol–water partition coefficient (Wildman–Crippen LogP) is 2.61. The minimum Gasteiger partial charge on any atom is -0.484 e. The van der Waals surface area contributed by atoms with E-state index in [4.69, 9.17) is 10.5 Å². The summed E-state index contributed by atoms with van der Waals surface area (Å²) in [6, 6.07) is 7.68. The first-order chi connectivity index (χ1) is 9.65. The van der Waals surface area contributed by atoms with E-state index in [1.807, 2.05) is 31.2 Å². The van der Waals surface area contributed by atoms with Gasteiger partial charge < -0.3 is 15.8 Å². The summed E-state index contributed by atoms with van der Waals surface area (Å²) in [5.74, 6) is 0.618. The fourth-order valence-corrected chi connectivity index (χ4v) is 1.96. The van der Waals surface area contributed by atoms with E-state index >= 15 is 0 Å². The maximum Gasteiger partial charge on any atom is 0.258 e. The van der Waals surface area contributed by atoms with Crippen molar-refractivity contribution in [3.05, 3.63) is 29.8 Å². The van der Waals surface area contributed by atoms with Crippen LogP contribution in [0.2, 0.25) is 0 Å². The number of amides is 1. The Balaban J connectivity index is 2.24. The van der Waals surface area contributed by atoms with Gasteiger partial charge in [0, 0.05) is 12.6 Å². The van der Waals surface area contributed by atoms with Gasteiger partial charge >= 0.3 is 0 Å². The van der Waals surface area contributed by atoms with E-state index in [2.05, 4.69) is 12.2 Å². The predicted molar refractivity (Wildman–Crippen MR) is 81.6 cm³/mol. The molecule has 1 aromatic rings. The van der Waals surface area contributed by atoms with Crippen molar-refractivity contribution in [2.24, 2.45) is 5.73 Å². The molecule has 20 heavy (non-hydrogen) atoms. The van der Waals surface area contributed by atoms with Crippen LogP contribution in [0, 0.1) is 0 Å². The zero-order chi connectivity index (χ0) is 14.8. The van der Waals surface area contributed by atoms with Crippen LogP contribution >= 0.6 is 0 Å². The molecule has 0 saturated carbocycles. The quantitative estimate of drug-likeness (QED) is 0.682. The number of carbonyl (C=O) groups excluding carboxylic acids is 1. The molecule has 0 spiro atoms. The zero-order valence-corrected chi connectivity index (χ0v) is 12.5. The lowest BCUT2D eigenvalue weighted by molar-refractivity contribution is -0.123. The number of nitrogens with two attached hydrogens (primary N) is 1. The first kappa shape index (κ1) is 16.5. The Kier molecular flexibility index (Phi) is 7.73. The summed E-state index contributed by atoms with van der Waals surface area (Å²) >= 11 is 0. The van der Waals surface area contributed by atoms with Crippen molar-refractivity contribution in [2.75, 3.05) is 6.61 Å². The third-order valence-corrected chi connectivity index (χ3v) is 3.18. The van der Waals surface area contributed by atoms with Crippen LogP contribution < -0.4 is 15.8 Å². The van der Waals surface area contributed by atoms with E-state index in [0.717, 1.165) is 18.4 Å². The number of hydrogen-bond donors (Lipinski definition) is 2. The maximum absolute atomic E-state index is 11.7. The summed E-state index contributed by atoms with van der Waals surface area (Å²) in [5, 5.41) is 2.95. The number of carbonyl (C=O) groups is 1. The lowest BCUT2D eigenvalue weighted by atomic mass is 10.1. The Morgan fingerprint density at radius 1 is 1.30 bits per heavy atom. The van der Waals surface area contributed by atoms with Crippen LogP contribution in [-0.4, -0.2) is 18.6 Å². The highest BCUT2D eigenvalue weighted by Crippen LogP contribution is 2.11. The molecule has 3 N–H and O–H groups in total. The largest absolute Gasteiger partial charge is 0.484 e. The summed E-state index contributed by atoms with van der Waals surface area (Å²) in [4.78, 5) is 11.7. The first-order valence-corrected chi connectivity index (χ1v) is 7.37. The topological polar surface area (TPSA) is 64.3 Å². The minimum atomic E-state index is -0.0723. The van der Waals surface area contributed by atoms with Gasteiger partial charge in [-0.1, -0.05) is 38.3 Å². The molecule has 0 aromatic heterocycles. The average Bonchev–Trinajstić information content (AvgIpc) is 2.46. The van der Waals surface area contributed by atoms with Crippen LogP contribution in [0.4, 0.5) is 0 Å². The van der Waals surface area contributed by atoms with E-state index in [0.29, 0.717) is 12.3 Å². The zero-order valence-electron chi connectivity index (χ0n) is 12.5. The molecular weight excluding hydrogens is 252 g/mol. The maximum atomic E-state index is 11.7. The molecule has 4 heteroatoms. The highest BCUT2D eigenvalue weighted by atomic mass is 16.5. The van der Waals surface area contributed by atoms with Gasteiger partial charge in [-0.05, 0) is 31.0 Å².